The number of anilines is 4. The predicted molar refractivity (Wildman–Crippen MR) is 124 cm³/mol. The Morgan fingerprint density at radius 1 is 1.12 bits per heavy atom. The summed E-state index contributed by atoms with van der Waals surface area (Å²) in [6.07, 6.45) is 4.07. The Hall–Kier alpha value is -4.36. The molecular weight excluding hydrogens is 400 g/mol. The van der Waals surface area contributed by atoms with Crippen LogP contribution >= 0.6 is 0 Å². The van der Waals surface area contributed by atoms with Crippen LogP contribution in [0.5, 0.6) is 5.75 Å². The Bertz CT molecular complexity index is 1280. The maximum absolute atomic E-state index is 8.99. The van der Waals surface area contributed by atoms with E-state index in [1.807, 2.05) is 44.2 Å². The summed E-state index contributed by atoms with van der Waals surface area (Å²) in [4.78, 5) is 11.6. The second-order valence-electron chi connectivity index (χ2n) is 7.50. The normalized spacial score (nSPS) is 12.3. The van der Waals surface area contributed by atoms with Gasteiger partial charge in [0.2, 0.25) is 5.95 Å². The second kappa shape index (κ2) is 8.79. The lowest BCUT2D eigenvalue weighted by atomic mass is 10.1. The van der Waals surface area contributed by atoms with E-state index in [-0.39, 0.29) is 0 Å². The molecule has 1 aromatic heterocycles. The standard InChI is InChI=1S/C25H22N6O/c1-16-13-19(5-4-11-26)14-22(32-3)23(16)31-12-10-21-17(2)28-25(30-24(21)31)29-20-8-6-18(15-27)7-9-20/h4-9,13-14H,10,12H2,1-3H3,(H,28,29,30)/b5-4+. The van der Waals surface area contributed by atoms with Crippen LogP contribution in [-0.4, -0.2) is 23.6 Å². The van der Waals surface area contributed by atoms with Gasteiger partial charge in [-0.1, -0.05) is 0 Å². The third kappa shape index (κ3) is 3.97. The molecule has 0 bridgehead atoms. The number of hydrogen-bond donors (Lipinski definition) is 1. The van der Waals surface area contributed by atoms with Crippen molar-refractivity contribution < 1.29 is 4.74 Å². The molecule has 1 aliphatic rings. The summed E-state index contributed by atoms with van der Waals surface area (Å²) in [7, 11) is 1.65. The van der Waals surface area contributed by atoms with Gasteiger partial charge in [-0.25, -0.2) is 4.98 Å². The third-order valence-corrected chi connectivity index (χ3v) is 5.43. The zero-order valence-electron chi connectivity index (χ0n) is 18.2. The SMILES string of the molecule is COc1cc(/C=C/C#N)cc(C)c1N1CCc2c(C)nc(Nc3ccc(C#N)cc3)nc21. The van der Waals surface area contributed by atoms with Crippen LogP contribution in [0.15, 0.2) is 42.5 Å². The van der Waals surface area contributed by atoms with Crippen molar-refractivity contribution >= 4 is 29.2 Å². The van der Waals surface area contributed by atoms with E-state index in [1.54, 1.807) is 25.3 Å². The maximum atomic E-state index is 8.99. The molecule has 3 aromatic rings. The molecule has 0 unspecified atom stereocenters. The lowest BCUT2D eigenvalue weighted by Gasteiger charge is -2.24. The first-order chi connectivity index (χ1) is 15.5. The van der Waals surface area contributed by atoms with E-state index in [0.29, 0.717) is 11.5 Å². The van der Waals surface area contributed by atoms with Gasteiger partial charge in [0.1, 0.15) is 11.6 Å². The van der Waals surface area contributed by atoms with Crippen LogP contribution in [0.1, 0.15) is 27.9 Å². The molecule has 2 aromatic carbocycles. The van der Waals surface area contributed by atoms with Gasteiger partial charge in [0, 0.05) is 29.6 Å². The Balaban J connectivity index is 1.73. The molecule has 7 nitrogen and oxygen atoms in total. The Labute approximate surface area is 187 Å². The van der Waals surface area contributed by atoms with Gasteiger partial charge in [-0.2, -0.15) is 15.5 Å². The average Bonchev–Trinajstić information content (AvgIpc) is 3.21. The predicted octanol–water partition coefficient (Wildman–Crippen LogP) is 4.95. The number of fused-ring (bicyclic) bond motifs is 1. The summed E-state index contributed by atoms with van der Waals surface area (Å²) < 4.78 is 5.71. The number of ether oxygens (including phenoxy) is 1. The number of nitrogens with one attached hydrogen (secondary N) is 1. The fourth-order valence-corrected chi connectivity index (χ4v) is 3.96. The molecule has 0 radical (unpaired) electrons. The third-order valence-electron chi connectivity index (χ3n) is 5.43. The van der Waals surface area contributed by atoms with Crippen molar-refractivity contribution in [3.8, 4) is 17.9 Å². The maximum Gasteiger partial charge on any atom is 0.229 e. The number of aryl methyl sites for hydroxylation is 2. The average molecular weight is 422 g/mol. The van der Waals surface area contributed by atoms with Gasteiger partial charge in [-0.3, -0.25) is 0 Å². The number of hydrogen-bond acceptors (Lipinski definition) is 7. The lowest BCUT2D eigenvalue weighted by Crippen LogP contribution is -2.17. The second-order valence-corrected chi connectivity index (χ2v) is 7.50. The van der Waals surface area contributed by atoms with Crippen LogP contribution in [0.3, 0.4) is 0 Å². The number of rotatable bonds is 5. The Kier molecular flexibility index (Phi) is 5.74. The molecule has 2 heterocycles. The highest BCUT2D eigenvalue weighted by Crippen LogP contribution is 2.42. The van der Waals surface area contributed by atoms with E-state index in [0.717, 1.165) is 58.3 Å². The molecule has 158 valence electrons. The Morgan fingerprint density at radius 3 is 2.59 bits per heavy atom. The fourth-order valence-electron chi connectivity index (χ4n) is 3.96. The smallest absolute Gasteiger partial charge is 0.229 e. The Morgan fingerprint density at radius 2 is 1.91 bits per heavy atom. The summed E-state index contributed by atoms with van der Waals surface area (Å²) in [5.41, 5.74) is 6.37. The van der Waals surface area contributed by atoms with Crippen molar-refractivity contribution in [3.63, 3.8) is 0 Å². The van der Waals surface area contributed by atoms with E-state index in [1.165, 1.54) is 6.08 Å². The first-order valence-corrected chi connectivity index (χ1v) is 10.2. The summed E-state index contributed by atoms with van der Waals surface area (Å²) in [6.45, 7) is 4.80. The van der Waals surface area contributed by atoms with Gasteiger partial charge in [0.25, 0.3) is 0 Å². The van der Waals surface area contributed by atoms with Crippen molar-refractivity contribution in [1.82, 2.24) is 9.97 Å². The van der Waals surface area contributed by atoms with E-state index in [9.17, 15) is 0 Å². The number of methoxy groups -OCH3 is 1. The van der Waals surface area contributed by atoms with Crippen LogP contribution in [0, 0.1) is 36.5 Å². The van der Waals surface area contributed by atoms with Crippen LogP contribution in [0.4, 0.5) is 23.1 Å². The van der Waals surface area contributed by atoms with Gasteiger partial charge in [-0.05, 0) is 73.9 Å². The summed E-state index contributed by atoms with van der Waals surface area (Å²) in [5, 5.41) is 21.1. The van der Waals surface area contributed by atoms with E-state index in [4.69, 9.17) is 20.2 Å². The largest absolute Gasteiger partial charge is 0.495 e. The number of benzene rings is 2. The summed E-state index contributed by atoms with van der Waals surface area (Å²) in [5.74, 6) is 2.09. The van der Waals surface area contributed by atoms with Crippen LogP contribution in [0.25, 0.3) is 6.08 Å². The topological polar surface area (TPSA) is 97.9 Å². The molecule has 1 aliphatic heterocycles. The minimum absolute atomic E-state index is 0.503. The molecule has 0 atom stereocenters. The fraction of sp³-hybridized carbons (Fsp3) is 0.200. The number of allylic oxidation sites excluding steroid dienone is 1. The molecule has 0 spiro atoms. The highest BCUT2D eigenvalue weighted by molar-refractivity contribution is 5.77. The highest BCUT2D eigenvalue weighted by atomic mass is 16.5. The van der Waals surface area contributed by atoms with E-state index < -0.39 is 0 Å². The van der Waals surface area contributed by atoms with Gasteiger partial charge in [0.05, 0.1) is 30.5 Å². The lowest BCUT2D eigenvalue weighted by molar-refractivity contribution is 0.415. The highest BCUT2D eigenvalue weighted by Gasteiger charge is 2.28. The van der Waals surface area contributed by atoms with E-state index >= 15 is 0 Å². The van der Waals surface area contributed by atoms with Gasteiger partial charge >= 0.3 is 0 Å². The molecule has 1 N–H and O–H groups in total. The number of nitrogens with zero attached hydrogens (tertiary/aromatic N) is 5. The summed E-state index contributed by atoms with van der Waals surface area (Å²) in [6, 6.07) is 15.3. The summed E-state index contributed by atoms with van der Waals surface area (Å²) >= 11 is 0. The molecule has 7 heteroatoms. The number of aromatic nitrogens is 2. The van der Waals surface area contributed by atoms with Crippen molar-refractivity contribution in [2.24, 2.45) is 0 Å². The zero-order valence-corrected chi connectivity index (χ0v) is 18.2. The van der Waals surface area contributed by atoms with Crippen molar-refractivity contribution in [3.05, 3.63) is 70.4 Å². The molecule has 0 saturated carbocycles. The molecule has 0 fully saturated rings. The quantitative estimate of drug-likeness (QED) is 0.581. The molecule has 4 rings (SSSR count). The monoisotopic (exact) mass is 422 g/mol. The minimum Gasteiger partial charge on any atom is -0.495 e. The molecule has 0 amide bonds. The van der Waals surface area contributed by atoms with Gasteiger partial charge in [0.15, 0.2) is 0 Å². The zero-order chi connectivity index (χ0) is 22.7. The molecular formula is C25H22N6O. The first-order valence-electron chi connectivity index (χ1n) is 10.2. The first kappa shape index (κ1) is 20.9. The molecule has 32 heavy (non-hydrogen) atoms. The minimum atomic E-state index is 0.503. The van der Waals surface area contributed by atoms with Crippen molar-refractivity contribution in [1.29, 1.82) is 10.5 Å². The van der Waals surface area contributed by atoms with Crippen molar-refractivity contribution in [2.45, 2.75) is 20.3 Å². The van der Waals surface area contributed by atoms with Crippen molar-refractivity contribution in [2.75, 3.05) is 23.9 Å². The van der Waals surface area contributed by atoms with Gasteiger partial charge < -0.3 is 15.0 Å². The van der Waals surface area contributed by atoms with Crippen LogP contribution in [0.2, 0.25) is 0 Å². The number of nitriles is 2. The van der Waals surface area contributed by atoms with Gasteiger partial charge in [-0.15, -0.1) is 0 Å². The van der Waals surface area contributed by atoms with Crippen LogP contribution < -0.4 is 15.0 Å². The molecule has 0 saturated heterocycles. The van der Waals surface area contributed by atoms with E-state index in [2.05, 4.69) is 21.3 Å². The molecule has 0 aliphatic carbocycles. The van der Waals surface area contributed by atoms with Crippen LogP contribution in [-0.2, 0) is 6.42 Å².